The Balaban J connectivity index is 1.70. The molecule has 2 aromatic carbocycles. The fourth-order valence-electron chi connectivity index (χ4n) is 3.14. The Labute approximate surface area is 154 Å². The molecule has 3 rings (SSSR count). The molecule has 0 heterocycles. The van der Waals surface area contributed by atoms with Crippen molar-refractivity contribution in [1.29, 1.82) is 0 Å². The van der Waals surface area contributed by atoms with Gasteiger partial charge in [0.2, 0.25) is 0 Å². The summed E-state index contributed by atoms with van der Waals surface area (Å²) in [5, 5.41) is 2.92. The average Bonchev–Trinajstić information content (AvgIpc) is 3.15. The highest BCUT2D eigenvalue weighted by Crippen LogP contribution is 2.29. The average molecular weight is 355 g/mol. The normalized spacial score (nSPS) is 14.1. The van der Waals surface area contributed by atoms with E-state index in [0.29, 0.717) is 29.4 Å². The third kappa shape index (κ3) is 4.48. The topological polar surface area (TPSA) is 56.8 Å². The molecule has 1 N–H and O–H groups in total. The number of carbonyl (C=O) groups excluding carboxylic acids is 1. The van der Waals surface area contributed by atoms with Gasteiger partial charge in [-0.25, -0.2) is 0 Å². The molecule has 1 aliphatic carbocycles. The minimum atomic E-state index is -0.202. The summed E-state index contributed by atoms with van der Waals surface area (Å²) in [7, 11) is 1.58. The summed E-state index contributed by atoms with van der Waals surface area (Å²) >= 11 is 0. The molecular formula is C21H25NO4. The molecule has 5 heteroatoms. The largest absolute Gasteiger partial charge is 0.493 e. The van der Waals surface area contributed by atoms with Gasteiger partial charge in [-0.2, -0.15) is 0 Å². The van der Waals surface area contributed by atoms with Crippen LogP contribution in [0.5, 0.6) is 17.2 Å². The van der Waals surface area contributed by atoms with Crippen molar-refractivity contribution in [2.45, 2.75) is 38.7 Å². The van der Waals surface area contributed by atoms with Gasteiger partial charge in [0.25, 0.3) is 5.91 Å². The standard InChI is InChI=1S/C21H25NO4/c1-3-25-20-13-15(11-12-19(20)24-2)21(23)22-16-7-6-10-18(14-16)26-17-8-4-5-9-17/h6-7,10-14,17H,3-5,8-9H2,1-2H3,(H,22,23). The molecule has 0 aliphatic heterocycles. The van der Waals surface area contributed by atoms with Crippen LogP contribution >= 0.6 is 0 Å². The van der Waals surface area contributed by atoms with Crippen LogP contribution in [0.4, 0.5) is 5.69 Å². The molecule has 1 fully saturated rings. The van der Waals surface area contributed by atoms with Crippen molar-refractivity contribution in [3.63, 3.8) is 0 Å². The zero-order valence-electron chi connectivity index (χ0n) is 15.3. The van der Waals surface area contributed by atoms with Crippen LogP contribution in [0.15, 0.2) is 42.5 Å². The Bertz CT molecular complexity index is 753. The maximum absolute atomic E-state index is 12.6. The highest BCUT2D eigenvalue weighted by Gasteiger charge is 2.17. The zero-order valence-corrected chi connectivity index (χ0v) is 15.3. The highest BCUT2D eigenvalue weighted by atomic mass is 16.5. The van der Waals surface area contributed by atoms with Gasteiger partial charge in [-0.15, -0.1) is 0 Å². The number of carbonyl (C=O) groups is 1. The SMILES string of the molecule is CCOc1cc(C(=O)Nc2cccc(OC3CCCC3)c2)ccc1OC. The van der Waals surface area contributed by atoms with E-state index in [0.717, 1.165) is 18.6 Å². The van der Waals surface area contributed by atoms with Gasteiger partial charge in [-0.3, -0.25) is 4.79 Å². The van der Waals surface area contributed by atoms with Crippen molar-refractivity contribution < 1.29 is 19.0 Å². The number of nitrogens with one attached hydrogen (secondary N) is 1. The lowest BCUT2D eigenvalue weighted by atomic mass is 10.1. The van der Waals surface area contributed by atoms with Crippen molar-refractivity contribution >= 4 is 11.6 Å². The number of benzene rings is 2. The van der Waals surface area contributed by atoms with Crippen molar-refractivity contribution in [2.24, 2.45) is 0 Å². The van der Waals surface area contributed by atoms with Gasteiger partial charge in [0.05, 0.1) is 19.8 Å². The molecule has 0 saturated heterocycles. The number of ether oxygens (including phenoxy) is 3. The van der Waals surface area contributed by atoms with Crippen LogP contribution in [-0.4, -0.2) is 25.7 Å². The van der Waals surface area contributed by atoms with Crippen LogP contribution in [0.2, 0.25) is 0 Å². The number of anilines is 1. The lowest BCUT2D eigenvalue weighted by Gasteiger charge is -2.14. The molecule has 1 saturated carbocycles. The molecule has 2 aromatic rings. The van der Waals surface area contributed by atoms with E-state index < -0.39 is 0 Å². The van der Waals surface area contributed by atoms with E-state index in [1.165, 1.54) is 12.8 Å². The Morgan fingerprint density at radius 3 is 2.65 bits per heavy atom. The van der Waals surface area contributed by atoms with Crippen molar-refractivity contribution in [2.75, 3.05) is 19.0 Å². The maximum atomic E-state index is 12.6. The van der Waals surface area contributed by atoms with Crippen molar-refractivity contribution in [3.05, 3.63) is 48.0 Å². The molecule has 1 aliphatic rings. The summed E-state index contributed by atoms with van der Waals surface area (Å²) in [5.74, 6) is 1.75. The van der Waals surface area contributed by atoms with E-state index in [4.69, 9.17) is 14.2 Å². The van der Waals surface area contributed by atoms with Crippen LogP contribution in [-0.2, 0) is 0 Å². The third-order valence-electron chi connectivity index (χ3n) is 4.42. The number of hydrogen-bond acceptors (Lipinski definition) is 4. The zero-order chi connectivity index (χ0) is 18.4. The van der Waals surface area contributed by atoms with E-state index >= 15 is 0 Å². The van der Waals surface area contributed by atoms with Gasteiger partial charge in [-0.05, 0) is 62.9 Å². The summed E-state index contributed by atoms with van der Waals surface area (Å²) in [6, 6.07) is 12.7. The molecule has 26 heavy (non-hydrogen) atoms. The van der Waals surface area contributed by atoms with Crippen molar-refractivity contribution in [1.82, 2.24) is 0 Å². The van der Waals surface area contributed by atoms with Gasteiger partial charge in [0.1, 0.15) is 5.75 Å². The molecule has 0 atom stereocenters. The van der Waals surface area contributed by atoms with E-state index in [1.54, 1.807) is 25.3 Å². The van der Waals surface area contributed by atoms with Crippen LogP contribution in [0, 0.1) is 0 Å². The molecule has 5 nitrogen and oxygen atoms in total. The minimum Gasteiger partial charge on any atom is -0.493 e. The van der Waals surface area contributed by atoms with E-state index in [2.05, 4.69) is 5.32 Å². The Hall–Kier alpha value is -2.69. The van der Waals surface area contributed by atoms with E-state index in [-0.39, 0.29) is 12.0 Å². The van der Waals surface area contributed by atoms with E-state index in [9.17, 15) is 4.79 Å². The fourth-order valence-corrected chi connectivity index (χ4v) is 3.14. The summed E-state index contributed by atoms with van der Waals surface area (Å²) in [6.07, 6.45) is 4.93. The maximum Gasteiger partial charge on any atom is 0.255 e. The number of methoxy groups -OCH3 is 1. The van der Waals surface area contributed by atoms with Crippen LogP contribution in [0.3, 0.4) is 0 Å². The highest BCUT2D eigenvalue weighted by molar-refractivity contribution is 6.04. The Kier molecular flexibility index (Phi) is 6.00. The Morgan fingerprint density at radius 2 is 1.92 bits per heavy atom. The smallest absolute Gasteiger partial charge is 0.255 e. The number of rotatable bonds is 7. The number of hydrogen-bond donors (Lipinski definition) is 1. The van der Waals surface area contributed by atoms with Gasteiger partial charge in [-0.1, -0.05) is 6.07 Å². The quantitative estimate of drug-likeness (QED) is 0.784. The first-order chi connectivity index (χ1) is 12.7. The summed E-state index contributed by atoms with van der Waals surface area (Å²) < 4.78 is 16.8. The van der Waals surface area contributed by atoms with Crippen LogP contribution < -0.4 is 19.5 Å². The molecule has 0 aromatic heterocycles. The predicted molar refractivity (Wildman–Crippen MR) is 101 cm³/mol. The van der Waals surface area contributed by atoms with Gasteiger partial charge >= 0.3 is 0 Å². The minimum absolute atomic E-state index is 0.202. The molecule has 0 bridgehead atoms. The van der Waals surface area contributed by atoms with Crippen LogP contribution in [0.1, 0.15) is 43.0 Å². The monoisotopic (exact) mass is 355 g/mol. The molecular weight excluding hydrogens is 330 g/mol. The second-order valence-electron chi connectivity index (χ2n) is 6.30. The molecule has 0 spiro atoms. The molecule has 0 unspecified atom stereocenters. The second kappa shape index (κ2) is 8.61. The van der Waals surface area contributed by atoms with Gasteiger partial charge in [0.15, 0.2) is 11.5 Å². The van der Waals surface area contributed by atoms with E-state index in [1.807, 2.05) is 31.2 Å². The summed E-state index contributed by atoms with van der Waals surface area (Å²) in [5.41, 5.74) is 1.22. The molecule has 138 valence electrons. The predicted octanol–water partition coefficient (Wildman–Crippen LogP) is 4.67. The fraction of sp³-hybridized carbons (Fsp3) is 0.381. The first kappa shape index (κ1) is 18.1. The summed E-state index contributed by atoms with van der Waals surface area (Å²) in [6.45, 7) is 2.39. The first-order valence-electron chi connectivity index (χ1n) is 9.08. The van der Waals surface area contributed by atoms with Crippen LogP contribution in [0.25, 0.3) is 0 Å². The molecule has 0 radical (unpaired) electrons. The van der Waals surface area contributed by atoms with Gasteiger partial charge in [0, 0.05) is 17.3 Å². The Morgan fingerprint density at radius 1 is 1.12 bits per heavy atom. The molecule has 1 amide bonds. The van der Waals surface area contributed by atoms with Crippen molar-refractivity contribution in [3.8, 4) is 17.2 Å². The second-order valence-corrected chi connectivity index (χ2v) is 6.30. The lowest BCUT2D eigenvalue weighted by Crippen LogP contribution is -2.13. The third-order valence-corrected chi connectivity index (χ3v) is 4.42. The lowest BCUT2D eigenvalue weighted by molar-refractivity contribution is 0.102. The summed E-state index contributed by atoms with van der Waals surface area (Å²) in [4.78, 5) is 12.6. The number of amides is 1. The first-order valence-corrected chi connectivity index (χ1v) is 9.08. The van der Waals surface area contributed by atoms with Gasteiger partial charge < -0.3 is 19.5 Å².